The van der Waals surface area contributed by atoms with Gasteiger partial charge in [-0.1, -0.05) is 42.4 Å². The number of hydrogen-bond donors (Lipinski definition) is 0. The Morgan fingerprint density at radius 3 is 2.78 bits per heavy atom. The average Bonchev–Trinajstić information content (AvgIpc) is 3.50. The van der Waals surface area contributed by atoms with Crippen molar-refractivity contribution in [3.05, 3.63) is 65.3 Å². The van der Waals surface area contributed by atoms with Gasteiger partial charge in [0.05, 0.1) is 42.4 Å². The number of benzene rings is 2. The van der Waals surface area contributed by atoms with Crippen LogP contribution in [0.15, 0.2) is 49.1 Å². The van der Waals surface area contributed by atoms with Crippen LogP contribution in [0.2, 0.25) is 5.02 Å². The number of carbonyl (C=O) groups excluding carboxylic acids is 1. The Morgan fingerprint density at radius 2 is 2.04 bits per heavy atom. The molecule has 0 radical (unpaired) electrons. The van der Waals surface area contributed by atoms with Crippen LogP contribution in [-0.2, 0) is 22.5 Å². The van der Waals surface area contributed by atoms with Crippen molar-refractivity contribution >= 4 is 39.8 Å². The summed E-state index contributed by atoms with van der Waals surface area (Å²) in [7, 11) is 4.13. The molecule has 0 aliphatic carbocycles. The summed E-state index contributed by atoms with van der Waals surface area (Å²) in [6.07, 6.45) is 3.20. The molecule has 1 amide bonds. The van der Waals surface area contributed by atoms with Crippen LogP contribution >= 0.6 is 11.6 Å². The summed E-state index contributed by atoms with van der Waals surface area (Å²) < 4.78 is 12.2. The lowest BCUT2D eigenvalue weighted by Gasteiger charge is -2.42. The fourth-order valence-electron chi connectivity index (χ4n) is 7.02. The van der Waals surface area contributed by atoms with Crippen molar-refractivity contribution < 1.29 is 14.3 Å². The summed E-state index contributed by atoms with van der Waals surface area (Å²) in [5.41, 5.74) is 2.93. The molecule has 3 aliphatic heterocycles. The van der Waals surface area contributed by atoms with Crippen LogP contribution in [0.1, 0.15) is 24.1 Å². The van der Waals surface area contributed by atoms with Crippen LogP contribution in [0.5, 0.6) is 6.01 Å². The van der Waals surface area contributed by atoms with Gasteiger partial charge in [-0.05, 0) is 50.5 Å². The normalized spacial score (nSPS) is 21.6. The van der Waals surface area contributed by atoms with Crippen molar-refractivity contribution in [3.63, 3.8) is 0 Å². The quantitative estimate of drug-likeness (QED) is 0.321. The van der Waals surface area contributed by atoms with E-state index in [2.05, 4.69) is 65.7 Å². The van der Waals surface area contributed by atoms with Crippen LogP contribution in [0.4, 0.5) is 11.5 Å². The zero-order valence-corrected chi connectivity index (χ0v) is 26.8. The second-order valence-corrected chi connectivity index (χ2v) is 13.0. The van der Waals surface area contributed by atoms with Crippen LogP contribution in [0.3, 0.4) is 0 Å². The number of nitriles is 1. The van der Waals surface area contributed by atoms with Crippen LogP contribution in [0.25, 0.3) is 10.8 Å². The summed E-state index contributed by atoms with van der Waals surface area (Å²) in [6, 6.07) is 14.6. The molecule has 2 saturated heterocycles. The number of piperazine rings is 1. The Bertz CT molecular complexity index is 1610. The maximum atomic E-state index is 12.6. The van der Waals surface area contributed by atoms with E-state index < -0.39 is 0 Å². The lowest BCUT2D eigenvalue weighted by atomic mass is 9.88. The number of anilines is 2. The molecule has 0 spiro atoms. The molecular weight excluding hydrogens is 590 g/mol. The van der Waals surface area contributed by atoms with Crippen LogP contribution in [0, 0.1) is 16.7 Å². The minimum Gasteiger partial charge on any atom is -0.463 e. The molecule has 236 valence electrons. The van der Waals surface area contributed by atoms with Gasteiger partial charge in [0, 0.05) is 61.4 Å². The predicted molar refractivity (Wildman–Crippen MR) is 176 cm³/mol. The summed E-state index contributed by atoms with van der Waals surface area (Å²) in [5, 5.41) is 12.4. The number of fused-ring (bicyclic) bond motifs is 2. The highest BCUT2D eigenvalue weighted by Crippen LogP contribution is 2.38. The van der Waals surface area contributed by atoms with Crippen molar-refractivity contribution in [2.45, 2.75) is 31.8 Å². The number of aromatic nitrogens is 2. The Kier molecular flexibility index (Phi) is 9.13. The molecule has 0 N–H and O–H groups in total. The highest BCUT2D eigenvalue weighted by atomic mass is 35.5. The number of rotatable bonds is 9. The second-order valence-electron chi connectivity index (χ2n) is 12.6. The minimum absolute atomic E-state index is 0.136. The zero-order valence-electron chi connectivity index (χ0n) is 26.0. The molecule has 6 rings (SSSR count). The monoisotopic (exact) mass is 629 g/mol. The molecule has 10 nitrogen and oxygen atoms in total. The van der Waals surface area contributed by atoms with E-state index in [0.717, 1.165) is 64.5 Å². The lowest BCUT2D eigenvalue weighted by Crippen LogP contribution is -2.55. The van der Waals surface area contributed by atoms with Crippen LogP contribution < -0.4 is 14.5 Å². The first-order chi connectivity index (χ1) is 21.8. The van der Waals surface area contributed by atoms with E-state index >= 15 is 0 Å². The van der Waals surface area contributed by atoms with E-state index in [-0.39, 0.29) is 23.8 Å². The number of carbonyl (C=O) groups is 1. The number of hydrogen-bond acceptors (Lipinski definition) is 9. The van der Waals surface area contributed by atoms with E-state index in [0.29, 0.717) is 52.0 Å². The van der Waals surface area contributed by atoms with Gasteiger partial charge in [-0.3, -0.25) is 4.79 Å². The molecule has 2 aromatic carbocycles. The molecule has 0 saturated carbocycles. The van der Waals surface area contributed by atoms with E-state index in [9.17, 15) is 10.1 Å². The molecule has 3 aliphatic rings. The van der Waals surface area contributed by atoms with Crippen molar-refractivity contribution in [3.8, 4) is 12.1 Å². The van der Waals surface area contributed by atoms with Gasteiger partial charge >= 0.3 is 6.01 Å². The van der Waals surface area contributed by atoms with E-state index in [1.807, 2.05) is 12.1 Å². The van der Waals surface area contributed by atoms with Gasteiger partial charge in [-0.2, -0.15) is 15.2 Å². The minimum atomic E-state index is -0.263. The molecular formula is C34H40ClN7O3. The molecule has 3 aromatic rings. The third-order valence-electron chi connectivity index (χ3n) is 9.11. The first kappa shape index (κ1) is 31.1. The number of amides is 1. The Morgan fingerprint density at radius 1 is 1.22 bits per heavy atom. The molecule has 2 unspecified atom stereocenters. The topological polar surface area (TPSA) is 98.1 Å². The lowest BCUT2D eigenvalue weighted by molar-refractivity contribution is -0.128. The van der Waals surface area contributed by atoms with Gasteiger partial charge in [0.15, 0.2) is 0 Å². The molecule has 11 heteroatoms. The average molecular weight is 630 g/mol. The first-order valence-electron chi connectivity index (χ1n) is 15.5. The Labute approximate surface area is 269 Å². The third kappa shape index (κ3) is 6.43. The van der Waals surface area contributed by atoms with Gasteiger partial charge in [-0.15, -0.1) is 0 Å². The fraction of sp³-hybridized carbons (Fsp3) is 0.471. The third-order valence-corrected chi connectivity index (χ3v) is 9.42. The maximum absolute atomic E-state index is 12.6. The number of halogens is 1. The summed E-state index contributed by atoms with van der Waals surface area (Å²) >= 11 is 6.72. The Hall–Kier alpha value is -3.91. The highest BCUT2D eigenvalue weighted by Gasteiger charge is 2.38. The largest absolute Gasteiger partial charge is 0.463 e. The van der Waals surface area contributed by atoms with Gasteiger partial charge in [0.25, 0.3) is 0 Å². The van der Waals surface area contributed by atoms with Gasteiger partial charge in [-0.25, -0.2) is 0 Å². The molecule has 2 fully saturated rings. The van der Waals surface area contributed by atoms with Crippen molar-refractivity contribution in [1.29, 1.82) is 5.26 Å². The molecule has 4 heterocycles. The second kappa shape index (κ2) is 13.2. The van der Waals surface area contributed by atoms with Crippen molar-refractivity contribution in [1.82, 2.24) is 19.8 Å². The van der Waals surface area contributed by atoms with Gasteiger partial charge in [0.2, 0.25) is 5.91 Å². The molecule has 2 atom stereocenters. The predicted octanol–water partition coefficient (Wildman–Crippen LogP) is 4.31. The molecule has 45 heavy (non-hydrogen) atoms. The number of nitrogens with zero attached hydrogens (tertiary/aromatic N) is 7. The maximum Gasteiger partial charge on any atom is 0.318 e. The van der Waals surface area contributed by atoms with Crippen molar-refractivity contribution in [2.24, 2.45) is 5.41 Å². The summed E-state index contributed by atoms with van der Waals surface area (Å²) in [6.45, 7) is 9.21. The highest BCUT2D eigenvalue weighted by molar-refractivity contribution is 6.36. The van der Waals surface area contributed by atoms with Crippen LogP contribution in [-0.4, -0.2) is 98.4 Å². The first-order valence-corrected chi connectivity index (χ1v) is 15.9. The van der Waals surface area contributed by atoms with Gasteiger partial charge < -0.3 is 29.1 Å². The van der Waals surface area contributed by atoms with E-state index in [1.54, 1.807) is 4.90 Å². The summed E-state index contributed by atoms with van der Waals surface area (Å²) in [4.78, 5) is 31.1. The SMILES string of the molecule is C=CC(=O)N1CCN(c2nc(OCC3(CN(C)C)CCOC3)nc3c2CCN(c2cccc4cccc(Cl)c24)C3)CC1CC#N. The van der Waals surface area contributed by atoms with Gasteiger partial charge in [0.1, 0.15) is 12.4 Å². The zero-order chi connectivity index (χ0) is 31.6. The van der Waals surface area contributed by atoms with E-state index in [4.69, 9.17) is 31.0 Å². The molecule has 0 bridgehead atoms. The molecule has 1 aromatic heterocycles. The Balaban J connectivity index is 1.35. The van der Waals surface area contributed by atoms with E-state index in [1.165, 1.54) is 6.08 Å². The number of ether oxygens (including phenoxy) is 2. The fourth-order valence-corrected chi connectivity index (χ4v) is 7.30. The standard InChI is InChI=1S/C34H40ClN7O3/c1-4-30(43)42-17-16-41(19-25(42)11-14-36)32-26-12-15-40(29-10-6-8-24-7-5-9-27(35)31(24)29)20-28(26)37-33(38-32)45-23-34(21-39(2)3)13-18-44-22-34/h4-10,25H,1,11-13,15-23H2,2-3H3. The smallest absolute Gasteiger partial charge is 0.318 e. The summed E-state index contributed by atoms with van der Waals surface area (Å²) in [5.74, 6) is 0.668. The van der Waals surface area contributed by atoms with Crippen molar-refractivity contribution in [2.75, 3.05) is 76.4 Å².